The van der Waals surface area contributed by atoms with Gasteiger partial charge < -0.3 is 31.3 Å². The van der Waals surface area contributed by atoms with Crippen LogP contribution < -0.4 is 22.3 Å². The van der Waals surface area contributed by atoms with Crippen LogP contribution in [0.4, 0.5) is 14.7 Å². The van der Waals surface area contributed by atoms with E-state index in [2.05, 4.69) is 20.3 Å². The van der Waals surface area contributed by atoms with Gasteiger partial charge in [-0.1, -0.05) is 30.3 Å². The minimum absolute atomic E-state index is 0. The molecule has 0 radical (unpaired) electrons. The number of nitrogens with zero attached hydrogens (tertiary/aromatic N) is 4. The Kier molecular flexibility index (Phi) is 7.91. The highest BCUT2D eigenvalue weighted by atomic mass is 79.9. The number of ether oxygens (including phenoxy) is 1. The van der Waals surface area contributed by atoms with Crippen LogP contribution in [0.1, 0.15) is 37.7 Å². The molecule has 1 amide bonds. The van der Waals surface area contributed by atoms with Gasteiger partial charge in [-0.25, -0.2) is 28.5 Å². The van der Waals surface area contributed by atoms with Crippen molar-refractivity contribution in [3.05, 3.63) is 48.5 Å². The summed E-state index contributed by atoms with van der Waals surface area (Å²) in [6.07, 6.45) is 2.70. The van der Waals surface area contributed by atoms with Crippen LogP contribution in [-0.4, -0.2) is 74.6 Å². The van der Waals surface area contributed by atoms with E-state index in [9.17, 15) is 23.5 Å². The van der Waals surface area contributed by atoms with Gasteiger partial charge in [-0.05, 0) is 12.0 Å². The number of quaternary nitrogens is 1. The number of benzene rings is 1. The van der Waals surface area contributed by atoms with E-state index in [1.807, 2.05) is 0 Å². The van der Waals surface area contributed by atoms with Crippen LogP contribution in [0.5, 0.6) is 0 Å². The third-order valence-corrected chi connectivity index (χ3v) is 8.04. The van der Waals surface area contributed by atoms with Crippen molar-refractivity contribution in [1.82, 2.24) is 15.0 Å². The van der Waals surface area contributed by atoms with E-state index >= 15 is 0 Å². The smallest absolute Gasteiger partial charge is 0.343 e. The van der Waals surface area contributed by atoms with Gasteiger partial charge in [-0.2, -0.15) is 0 Å². The Balaban J connectivity index is 0.00000320. The number of nitrogens with one attached hydrogen (secondary N) is 1. The Hall–Kier alpha value is -2.57. The zero-order chi connectivity index (χ0) is 25.4. The predicted molar refractivity (Wildman–Crippen MR) is 123 cm³/mol. The van der Waals surface area contributed by atoms with Gasteiger partial charge in [0, 0.05) is 37.5 Å². The molecular weight excluding hydrogens is 552 g/mol. The molecule has 6 rings (SSSR count). The Morgan fingerprint density at radius 3 is 2.43 bits per heavy atom. The summed E-state index contributed by atoms with van der Waals surface area (Å²) in [5, 5.41) is 14.3. The Bertz CT molecular complexity index is 1100. The molecule has 1 aromatic heterocycles. The van der Waals surface area contributed by atoms with E-state index in [-0.39, 0.29) is 59.7 Å². The Morgan fingerprint density at radius 1 is 1.14 bits per heavy atom. The maximum Gasteiger partial charge on any atom is 0.343 e. The molecule has 0 spiro atoms. The second kappa shape index (κ2) is 10.7. The third-order valence-electron chi connectivity index (χ3n) is 8.04. The van der Waals surface area contributed by atoms with Crippen molar-refractivity contribution in [3.63, 3.8) is 0 Å². The summed E-state index contributed by atoms with van der Waals surface area (Å²) in [6, 6.07) is 8.23. The molecule has 4 aliphatic rings. The quantitative estimate of drug-likeness (QED) is 0.328. The van der Waals surface area contributed by atoms with Crippen molar-refractivity contribution in [2.45, 2.75) is 49.7 Å². The molecule has 12 heteroatoms. The first-order valence-electron chi connectivity index (χ1n) is 12.3. The molecule has 3 aliphatic heterocycles. The highest BCUT2D eigenvalue weighted by Gasteiger charge is 2.56. The molecule has 9 nitrogen and oxygen atoms in total. The molecule has 37 heavy (non-hydrogen) atoms. The molecule has 2 bridgehead atoms. The average Bonchev–Trinajstić information content (AvgIpc) is 3.25. The van der Waals surface area contributed by atoms with Crippen molar-refractivity contribution < 1.29 is 49.7 Å². The molecular formula is C25H30BrF2N5O4. The lowest BCUT2D eigenvalue weighted by molar-refractivity contribution is -0.939. The summed E-state index contributed by atoms with van der Waals surface area (Å²) in [7, 11) is 0. The van der Waals surface area contributed by atoms with Gasteiger partial charge >= 0.3 is 5.97 Å². The number of carbonyl (C=O) groups is 2. The maximum absolute atomic E-state index is 14.1. The van der Waals surface area contributed by atoms with Crippen molar-refractivity contribution in [2.24, 2.45) is 11.8 Å². The van der Waals surface area contributed by atoms with Crippen LogP contribution in [0.2, 0.25) is 0 Å². The van der Waals surface area contributed by atoms with E-state index in [0.29, 0.717) is 11.0 Å². The lowest BCUT2D eigenvalue weighted by atomic mass is 9.79. The predicted octanol–water partition coefficient (Wildman–Crippen LogP) is -0.710. The molecule has 1 aromatic carbocycles. The van der Waals surface area contributed by atoms with Crippen molar-refractivity contribution in [3.8, 4) is 0 Å². The first-order valence-corrected chi connectivity index (χ1v) is 12.3. The number of hydrogen-bond donors (Lipinski definition) is 2. The number of rotatable bonds is 7. The highest BCUT2D eigenvalue weighted by Crippen LogP contribution is 2.48. The highest BCUT2D eigenvalue weighted by molar-refractivity contribution is 5.89. The number of carbonyl (C=O) groups excluding carboxylic acids is 2. The van der Waals surface area contributed by atoms with Crippen LogP contribution in [0.3, 0.4) is 0 Å². The monoisotopic (exact) mass is 581 g/mol. The van der Waals surface area contributed by atoms with Gasteiger partial charge in [0.25, 0.3) is 5.91 Å². The number of fused-ring (bicyclic) bond motifs is 3. The molecule has 3 atom stereocenters. The Morgan fingerprint density at radius 2 is 1.81 bits per heavy atom. The Labute approximate surface area is 224 Å². The van der Waals surface area contributed by atoms with Crippen LogP contribution >= 0.6 is 0 Å². The molecule has 1 saturated carbocycles. The molecule has 1 aliphatic carbocycles. The number of piperidine rings is 3. The fourth-order valence-corrected chi connectivity index (χ4v) is 6.10. The number of alkyl halides is 2. The summed E-state index contributed by atoms with van der Waals surface area (Å²) in [5.41, 5.74) is -1.90. The van der Waals surface area contributed by atoms with E-state index < -0.39 is 35.9 Å². The second-order valence-corrected chi connectivity index (χ2v) is 10.3. The summed E-state index contributed by atoms with van der Waals surface area (Å²) in [5.74, 6) is -4.74. The van der Waals surface area contributed by atoms with Crippen LogP contribution in [0.25, 0.3) is 0 Å². The molecule has 2 unspecified atom stereocenters. The van der Waals surface area contributed by atoms with Gasteiger partial charge in [-0.15, -0.1) is 0 Å². The number of amides is 1. The van der Waals surface area contributed by atoms with Gasteiger partial charge in [0.15, 0.2) is 18.2 Å². The number of anilines is 1. The van der Waals surface area contributed by atoms with Crippen molar-refractivity contribution in [2.75, 3.05) is 31.5 Å². The molecule has 3 saturated heterocycles. The minimum atomic E-state index is -2.93. The van der Waals surface area contributed by atoms with Gasteiger partial charge in [0.05, 0.1) is 13.1 Å². The normalized spacial score (nSPS) is 29.5. The minimum Gasteiger partial charge on any atom is -1.00 e. The number of hydrogen-bond acceptors (Lipinski definition) is 7. The number of esters is 1. The first kappa shape index (κ1) is 27.5. The van der Waals surface area contributed by atoms with Gasteiger partial charge in [-0.3, -0.25) is 10.1 Å². The van der Waals surface area contributed by atoms with Crippen LogP contribution in [0.15, 0.2) is 43.0 Å². The topological polar surface area (TPSA) is 114 Å². The van der Waals surface area contributed by atoms with Gasteiger partial charge in [0.1, 0.15) is 19.2 Å². The average molecular weight is 582 g/mol. The summed E-state index contributed by atoms with van der Waals surface area (Å²) in [6.45, 7) is 2.12. The van der Waals surface area contributed by atoms with Crippen molar-refractivity contribution in [1.29, 1.82) is 0 Å². The van der Waals surface area contributed by atoms with Crippen LogP contribution in [0, 0.1) is 11.8 Å². The molecule has 2 aromatic rings. The molecule has 200 valence electrons. The SMILES string of the molecule is O=C(C[N+]12CCC(CC1)[C@@H](OC(=O)C(O)(c1ccccc1)C1CCC(F)(F)C1)C2)Nc1ncncn1.[Br-]. The fourth-order valence-electron chi connectivity index (χ4n) is 6.10. The molecule has 2 N–H and O–H groups in total. The number of aromatic nitrogens is 3. The maximum atomic E-state index is 14.1. The van der Waals surface area contributed by atoms with Gasteiger partial charge in [0.2, 0.25) is 11.9 Å². The number of halogens is 3. The standard InChI is InChI=1S/C25H29F2N5O4.BrH/c26-24(27)9-6-19(12-24)25(35,18-4-2-1-3-5-18)22(34)36-20-13-32(10-7-17(20)8-11-32)14-21(33)31-23-29-15-28-16-30-23;/h1-5,15-17,19-20,35H,6-14H2;1H/t17?,19?,20-,25?,32?;/m0./s1. The second-order valence-electron chi connectivity index (χ2n) is 10.3. The van der Waals surface area contributed by atoms with E-state index in [1.165, 1.54) is 12.7 Å². The third kappa shape index (κ3) is 5.65. The van der Waals surface area contributed by atoms with Crippen molar-refractivity contribution >= 4 is 17.8 Å². The summed E-state index contributed by atoms with van der Waals surface area (Å²) < 4.78 is 34.6. The lowest BCUT2D eigenvalue weighted by Gasteiger charge is -2.51. The van der Waals surface area contributed by atoms with E-state index in [0.717, 1.165) is 25.9 Å². The van der Waals surface area contributed by atoms with Crippen LogP contribution in [-0.2, 0) is 19.9 Å². The van der Waals surface area contributed by atoms with E-state index in [1.54, 1.807) is 30.3 Å². The molecule has 4 fully saturated rings. The first-order chi connectivity index (χ1) is 17.2. The molecule has 4 heterocycles. The summed E-state index contributed by atoms with van der Waals surface area (Å²) >= 11 is 0. The van der Waals surface area contributed by atoms with E-state index in [4.69, 9.17) is 4.74 Å². The lowest BCUT2D eigenvalue weighted by Crippen LogP contribution is -3.00. The number of aliphatic hydroxyl groups is 1. The zero-order valence-corrected chi connectivity index (χ0v) is 21.8. The largest absolute Gasteiger partial charge is 1.00 e. The summed E-state index contributed by atoms with van der Waals surface area (Å²) in [4.78, 5) is 37.8. The zero-order valence-electron chi connectivity index (χ0n) is 20.2. The fraction of sp³-hybridized carbons (Fsp3) is 0.560.